The molecule has 1 atom stereocenters. The SMILES string of the molecule is CC(=O)N(C)c1ccc(N2CC(C(=O)O)CC2=O)cc1. The second kappa shape index (κ2) is 5.32. The fraction of sp³-hybridized carbons (Fsp3) is 0.357. The lowest BCUT2D eigenvalue weighted by Gasteiger charge is -2.19. The molecule has 0 spiro atoms. The Balaban J connectivity index is 2.17. The van der Waals surface area contributed by atoms with Gasteiger partial charge in [-0.15, -0.1) is 0 Å². The van der Waals surface area contributed by atoms with Crippen molar-refractivity contribution in [3.05, 3.63) is 24.3 Å². The van der Waals surface area contributed by atoms with E-state index in [9.17, 15) is 14.4 Å². The molecule has 20 heavy (non-hydrogen) atoms. The molecule has 2 amide bonds. The third-order valence-electron chi connectivity index (χ3n) is 3.50. The molecule has 1 saturated heterocycles. The zero-order valence-corrected chi connectivity index (χ0v) is 11.4. The molecular weight excluding hydrogens is 260 g/mol. The first kappa shape index (κ1) is 14.0. The van der Waals surface area contributed by atoms with E-state index in [1.54, 1.807) is 31.3 Å². The lowest BCUT2D eigenvalue weighted by Crippen LogP contribution is -2.26. The molecule has 1 N–H and O–H groups in total. The molecule has 1 aromatic carbocycles. The molecule has 0 aliphatic carbocycles. The predicted molar refractivity (Wildman–Crippen MR) is 73.6 cm³/mol. The van der Waals surface area contributed by atoms with Crippen LogP contribution in [0.15, 0.2) is 24.3 Å². The van der Waals surface area contributed by atoms with Gasteiger partial charge in [0.25, 0.3) is 0 Å². The summed E-state index contributed by atoms with van der Waals surface area (Å²) in [5.74, 6) is -1.87. The molecule has 0 aromatic heterocycles. The van der Waals surface area contributed by atoms with Crippen LogP contribution in [0.4, 0.5) is 11.4 Å². The van der Waals surface area contributed by atoms with E-state index >= 15 is 0 Å². The Labute approximate surface area is 116 Å². The number of anilines is 2. The third-order valence-corrected chi connectivity index (χ3v) is 3.50. The standard InChI is InChI=1S/C14H16N2O4/c1-9(17)15(2)11-3-5-12(6-4-11)16-8-10(14(19)20)7-13(16)18/h3-6,10H,7-8H2,1-2H3,(H,19,20). The Morgan fingerprint density at radius 2 is 1.90 bits per heavy atom. The number of carbonyl (C=O) groups excluding carboxylic acids is 2. The molecule has 1 aromatic rings. The van der Waals surface area contributed by atoms with Crippen molar-refractivity contribution >= 4 is 29.2 Å². The molecule has 106 valence electrons. The fourth-order valence-corrected chi connectivity index (χ4v) is 2.16. The van der Waals surface area contributed by atoms with Crippen LogP contribution in [0, 0.1) is 5.92 Å². The van der Waals surface area contributed by atoms with E-state index in [4.69, 9.17) is 5.11 Å². The smallest absolute Gasteiger partial charge is 0.308 e. The average Bonchev–Trinajstić information content (AvgIpc) is 2.80. The highest BCUT2D eigenvalue weighted by Gasteiger charge is 2.34. The molecule has 1 heterocycles. The van der Waals surface area contributed by atoms with Crippen molar-refractivity contribution in [1.82, 2.24) is 0 Å². The maximum atomic E-state index is 11.8. The van der Waals surface area contributed by atoms with Gasteiger partial charge in [-0.05, 0) is 24.3 Å². The highest BCUT2D eigenvalue weighted by atomic mass is 16.4. The molecular formula is C14H16N2O4. The monoisotopic (exact) mass is 276 g/mol. The number of carbonyl (C=O) groups is 3. The van der Waals surface area contributed by atoms with Gasteiger partial charge in [-0.1, -0.05) is 0 Å². The number of carboxylic acids is 1. The molecule has 2 rings (SSSR count). The molecule has 6 heteroatoms. The number of rotatable bonds is 3. The first-order valence-corrected chi connectivity index (χ1v) is 6.27. The van der Waals surface area contributed by atoms with Gasteiger partial charge in [-0.25, -0.2) is 0 Å². The quantitative estimate of drug-likeness (QED) is 0.897. The van der Waals surface area contributed by atoms with Crippen LogP contribution in [0.5, 0.6) is 0 Å². The van der Waals surface area contributed by atoms with Crippen LogP contribution in [0.3, 0.4) is 0 Å². The van der Waals surface area contributed by atoms with Gasteiger partial charge in [0, 0.05) is 38.3 Å². The summed E-state index contributed by atoms with van der Waals surface area (Å²) in [6, 6.07) is 6.91. The number of aliphatic carboxylic acids is 1. The molecule has 0 saturated carbocycles. The maximum absolute atomic E-state index is 11.8. The van der Waals surface area contributed by atoms with Crippen molar-refractivity contribution in [2.24, 2.45) is 5.92 Å². The molecule has 1 unspecified atom stereocenters. The Morgan fingerprint density at radius 1 is 1.30 bits per heavy atom. The summed E-state index contributed by atoms with van der Waals surface area (Å²) in [6.45, 7) is 1.66. The van der Waals surface area contributed by atoms with Crippen LogP contribution >= 0.6 is 0 Å². The van der Waals surface area contributed by atoms with Crippen LogP contribution in [0.2, 0.25) is 0 Å². The number of nitrogens with zero attached hydrogens (tertiary/aromatic N) is 2. The number of carboxylic acid groups (broad SMARTS) is 1. The number of hydrogen-bond donors (Lipinski definition) is 1. The summed E-state index contributed by atoms with van der Waals surface area (Å²) in [5, 5.41) is 8.95. The summed E-state index contributed by atoms with van der Waals surface area (Å²) in [6.07, 6.45) is 0.0322. The second-order valence-corrected chi connectivity index (χ2v) is 4.84. The van der Waals surface area contributed by atoms with Crippen molar-refractivity contribution in [3.63, 3.8) is 0 Å². The Hall–Kier alpha value is -2.37. The largest absolute Gasteiger partial charge is 0.481 e. The van der Waals surface area contributed by atoms with Crippen LogP contribution < -0.4 is 9.80 Å². The topological polar surface area (TPSA) is 77.9 Å². The van der Waals surface area contributed by atoms with Crippen molar-refractivity contribution in [2.45, 2.75) is 13.3 Å². The van der Waals surface area contributed by atoms with E-state index < -0.39 is 11.9 Å². The Morgan fingerprint density at radius 3 is 2.35 bits per heavy atom. The van der Waals surface area contributed by atoms with Gasteiger partial charge in [0.1, 0.15) is 0 Å². The van der Waals surface area contributed by atoms with Gasteiger partial charge in [-0.2, -0.15) is 0 Å². The average molecular weight is 276 g/mol. The normalized spacial score (nSPS) is 18.2. The third kappa shape index (κ3) is 2.64. The second-order valence-electron chi connectivity index (χ2n) is 4.84. The van der Waals surface area contributed by atoms with Crippen molar-refractivity contribution in [2.75, 3.05) is 23.4 Å². The van der Waals surface area contributed by atoms with Gasteiger partial charge < -0.3 is 14.9 Å². The Bertz CT molecular complexity index is 553. The summed E-state index contributed by atoms with van der Waals surface area (Å²) in [5.41, 5.74) is 1.38. The van der Waals surface area contributed by atoms with Crippen molar-refractivity contribution < 1.29 is 19.5 Å². The summed E-state index contributed by atoms with van der Waals surface area (Å²) in [7, 11) is 1.67. The van der Waals surface area contributed by atoms with E-state index in [0.29, 0.717) is 5.69 Å². The van der Waals surface area contributed by atoms with Gasteiger partial charge in [-0.3, -0.25) is 14.4 Å². The minimum absolute atomic E-state index is 0.0322. The highest BCUT2D eigenvalue weighted by molar-refractivity contribution is 5.99. The molecule has 1 aliphatic rings. The minimum Gasteiger partial charge on any atom is -0.481 e. The van der Waals surface area contributed by atoms with Gasteiger partial charge in [0.05, 0.1) is 5.92 Å². The molecule has 1 aliphatic heterocycles. The number of amides is 2. The van der Waals surface area contributed by atoms with Gasteiger partial charge in [0.2, 0.25) is 11.8 Å². The zero-order chi connectivity index (χ0) is 14.9. The summed E-state index contributed by atoms with van der Waals surface area (Å²) >= 11 is 0. The van der Waals surface area contributed by atoms with Gasteiger partial charge >= 0.3 is 5.97 Å². The fourth-order valence-electron chi connectivity index (χ4n) is 2.16. The van der Waals surface area contributed by atoms with Crippen molar-refractivity contribution in [1.29, 1.82) is 0 Å². The number of benzene rings is 1. The van der Waals surface area contributed by atoms with Crippen LogP contribution in [0.1, 0.15) is 13.3 Å². The zero-order valence-electron chi connectivity index (χ0n) is 11.4. The first-order chi connectivity index (χ1) is 9.40. The maximum Gasteiger partial charge on any atom is 0.308 e. The van der Waals surface area contributed by atoms with E-state index in [2.05, 4.69) is 0 Å². The summed E-state index contributed by atoms with van der Waals surface area (Å²) in [4.78, 5) is 36.9. The van der Waals surface area contributed by atoms with Crippen LogP contribution in [-0.2, 0) is 14.4 Å². The van der Waals surface area contributed by atoms with E-state index in [0.717, 1.165) is 5.69 Å². The van der Waals surface area contributed by atoms with E-state index in [1.165, 1.54) is 16.7 Å². The van der Waals surface area contributed by atoms with Crippen molar-refractivity contribution in [3.8, 4) is 0 Å². The molecule has 0 bridgehead atoms. The highest BCUT2D eigenvalue weighted by Crippen LogP contribution is 2.27. The van der Waals surface area contributed by atoms with Crippen LogP contribution in [0.25, 0.3) is 0 Å². The van der Waals surface area contributed by atoms with Gasteiger partial charge in [0.15, 0.2) is 0 Å². The Kier molecular flexibility index (Phi) is 3.74. The van der Waals surface area contributed by atoms with Crippen LogP contribution in [-0.4, -0.2) is 36.5 Å². The molecule has 6 nitrogen and oxygen atoms in total. The molecule has 0 radical (unpaired) electrons. The van der Waals surface area contributed by atoms with E-state index in [-0.39, 0.29) is 24.8 Å². The lowest BCUT2D eigenvalue weighted by molar-refractivity contribution is -0.141. The lowest BCUT2D eigenvalue weighted by atomic mass is 10.1. The number of hydrogen-bond acceptors (Lipinski definition) is 3. The predicted octanol–water partition coefficient (Wildman–Crippen LogP) is 1.11. The van der Waals surface area contributed by atoms with E-state index in [1.807, 2.05) is 0 Å². The first-order valence-electron chi connectivity index (χ1n) is 6.27. The summed E-state index contributed by atoms with van der Waals surface area (Å²) < 4.78 is 0. The molecule has 1 fully saturated rings. The minimum atomic E-state index is -0.950.